The zero-order valence-corrected chi connectivity index (χ0v) is 28.1. The number of hydrogen-bond acceptors (Lipinski definition) is 3. The van der Waals surface area contributed by atoms with Crippen molar-refractivity contribution in [2.24, 2.45) is 5.41 Å². The van der Waals surface area contributed by atoms with E-state index in [1.54, 1.807) is 12.3 Å². The summed E-state index contributed by atoms with van der Waals surface area (Å²) in [7, 11) is 0. The van der Waals surface area contributed by atoms with Crippen LogP contribution >= 0.6 is 0 Å². The fourth-order valence-corrected chi connectivity index (χ4v) is 5.38. The van der Waals surface area contributed by atoms with Gasteiger partial charge in [-0.15, -0.1) is 54.1 Å². The van der Waals surface area contributed by atoms with Crippen LogP contribution in [-0.2, 0) is 26.5 Å². The third-order valence-corrected chi connectivity index (χ3v) is 7.45. The largest absolute Gasteiger partial charge is 0.500 e. The van der Waals surface area contributed by atoms with E-state index in [4.69, 9.17) is 4.42 Å². The van der Waals surface area contributed by atoms with Crippen molar-refractivity contribution in [2.45, 2.75) is 34.1 Å². The number of aryl methyl sites for hydroxylation is 1. The topological polar surface area (TPSA) is 38.9 Å². The Morgan fingerprint density at radius 2 is 1.51 bits per heavy atom. The maximum Gasteiger partial charge on any atom is 0.134 e. The summed E-state index contributed by atoms with van der Waals surface area (Å²) in [4.78, 5) is 8.91. The van der Waals surface area contributed by atoms with E-state index in [1.165, 1.54) is 17.2 Å². The molecule has 5 heteroatoms. The van der Waals surface area contributed by atoms with E-state index < -0.39 is 0 Å². The first-order chi connectivity index (χ1) is 21.3. The third kappa shape index (κ3) is 7.12. The smallest absolute Gasteiger partial charge is 0.134 e. The molecule has 0 saturated carbocycles. The minimum atomic E-state index is -0.300. The zero-order chi connectivity index (χ0) is 30.7. The van der Waals surface area contributed by atoms with Crippen LogP contribution in [0.25, 0.3) is 55.6 Å². The van der Waals surface area contributed by atoms with Gasteiger partial charge >= 0.3 is 0 Å². The molecule has 0 atom stereocenters. The van der Waals surface area contributed by atoms with Crippen molar-refractivity contribution in [1.29, 1.82) is 0 Å². The molecule has 45 heavy (non-hydrogen) atoms. The van der Waals surface area contributed by atoms with E-state index in [1.807, 2.05) is 85.1 Å². The predicted molar refractivity (Wildman–Crippen MR) is 178 cm³/mol. The van der Waals surface area contributed by atoms with Crippen LogP contribution in [0.2, 0.25) is 0 Å². The molecule has 3 aromatic heterocycles. The van der Waals surface area contributed by atoms with Crippen molar-refractivity contribution in [3.8, 4) is 33.6 Å². The zero-order valence-electron chi connectivity index (χ0n) is 25.7. The van der Waals surface area contributed by atoms with Gasteiger partial charge in [-0.1, -0.05) is 85.8 Å². The molecule has 0 aliphatic rings. The van der Waals surface area contributed by atoms with Gasteiger partial charge in [0.15, 0.2) is 0 Å². The molecule has 4 aromatic carbocycles. The van der Waals surface area contributed by atoms with Crippen LogP contribution in [0.5, 0.6) is 0 Å². The summed E-state index contributed by atoms with van der Waals surface area (Å²) in [5.41, 5.74) is 9.06. The second-order valence-corrected chi connectivity index (χ2v) is 12.1. The quantitative estimate of drug-likeness (QED) is 0.167. The minimum absolute atomic E-state index is 0. The van der Waals surface area contributed by atoms with Crippen LogP contribution in [0.15, 0.2) is 120 Å². The molecule has 7 aromatic rings. The van der Waals surface area contributed by atoms with Gasteiger partial charge in [0, 0.05) is 37.9 Å². The first kappa shape index (κ1) is 32.0. The number of benzene rings is 4. The van der Waals surface area contributed by atoms with Gasteiger partial charge in [0.25, 0.3) is 0 Å². The first-order valence-electron chi connectivity index (χ1n) is 14.7. The molecule has 0 N–H and O–H groups in total. The van der Waals surface area contributed by atoms with Gasteiger partial charge in [-0.2, -0.15) is 0 Å². The Hall–Kier alpha value is -4.44. The fourth-order valence-electron chi connectivity index (χ4n) is 5.38. The van der Waals surface area contributed by atoms with Crippen molar-refractivity contribution in [3.05, 3.63) is 145 Å². The van der Waals surface area contributed by atoms with Crippen LogP contribution in [-0.4, -0.2) is 9.97 Å². The first-order valence-corrected chi connectivity index (χ1v) is 14.7. The maximum absolute atomic E-state index is 14.7. The average Bonchev–Trinajstić information content (AvgIpc) is 3.42. The summed E-state index contributed by atoms with van der Waals surface area (Å²) in [6.07, 6.45) is 4.78. The molecule has 0 spiro atoms. The molecule has 0 aliphatic carbocycles. The number of rotatable bonds is 4. The molecule has 227 valence electrons. The summed E-state index contributed by atoms with van der Waals surface area (Å²) in [5.74, 6) is -0.300. The van der Waals surface area contributed by atoms with Crippen LogP contribution in [0, 0.1) is 30.3 Å². The number of aromatic nitrogens is 2. The van der Waals surface area contributed by atoms with Crippen molar-refractivity contribution < 1.29 is 28.9 Å². The second-order valence-electron chi connectivity index (χ2n) is 12.1. The van der Waals surface area contributed by atoms with Crippen LogP contribution in [0.3, 0.4) is 0 Å². The van der Waals surface area contributed by atoms with Gasteiger partial charge in [-0.05, 0) is 59.5 Å². The molecule has 3 nitrogen and oxygen atoms in total. The fraction of sp³-hybridized carbons (Fsp3) is 0.150. The number of nitrogens with zero attached hydrogens (tertiary/aromatic N) is 2. The average molecular weight is 769 g/mol. The van der Waals surface area contributed by atoms with Crippen molar-refractivity contribution in [2.75, 3.05) is 0 Å². The number of hydrogen-bond donors (Lipinski definition) is 0. The van der Waals surface area contributed by atoms with Gasteiger partial charge in [-0.3, -0.25) is 0 Å². The van der Waals surface area contributed by atoms with Crippen molar-refractivity contribution in [1.82, 2.24) is 9.97 Å². The van der Waals surface area contributed by atoms with E-state index in [-0.39, 0.29) is 25.9 Å². The van der Waals surface area contributed by atoms with E-state index >= 15 is 0 Å². The van der Waals surface area contributed by atoms with Crippen molar-refractivity contribution in [3.63, 3.8) is 0 Å². The number of furan rings is 1. The van der Waals surface area contributed by atoms with Gasteiger partial charge in [-0.25, -0.2) is 4.39 Å². The molecule has 1 radical (unpaired) electrons. The molecule has 0 saturated heterocycles. The van der Waals surface area contributed by atoms with E-state index in [2.05, 4.69) is 61.9 Å². The normalized spacial score (nSPS) is 11.1. The number of fused-ring (bicyclic) bond motifs is 3. The molecular formula is C40H33FIrN2O-2. The predicted octanol–water partition coefficient (Wildman–Crippen LogP) is 10.7. The second kappa shape index (κ2) is 13.7. The Balaban J connectivity index is 0.000000186. The van der Waals surface area contributed by atoms with Crippen LogP contribution in [0.1, 0.15) is 31.9 Å². The molecule has 0 bridgehead atoms. The number of halogens is 1. The van der Waals surface area contributed by atoms with Crippen molar-refractivity contribution >= 4 is 21.9 Å². The monoisotopic (exact) mass is 769 g/mol. The molecular weight excluding hydrogens is 736 g/mol. The molecule has 0 aliphatic heterocycles. The van der Waals surface area contributed by atoms with E-state index in [0.29, 0.717) is 22.1 Å². The van der Waals surface area contributed by atoms with E-state index in [0.717, 1.165) is 45.3 Å². The van der Waals surface area contributed by atoms with Gasteiger partial charge < -0.3 is 14.4 Å². The van der Waals surface area contributed by atoms with Gasteiger partial charge in [0.05, 0.1) is 11.1 Å². The minimum Gasteiger partial charge on any atom is -0.500 e. The molecule has 0 unspecified atom stereocenters. The standard InChI is InChI=1S/C23H13FNO.C17H20N.Ir/c24-19-13-12-17-16-9-6-10-18(20-11-4-5-14-25-20)22(16)26-23(17)21(19)15-7-2-1-3-8-15;1-13-12-18-16(14-8-6-5-7-9-14)10-15(13)11-17(2,3)4;/h1-9,11-14H;5-8,10,12H,11H2,1-4H3;/q2*-1;. The Morgan fingerprint density at radius 1 is 0.756 bits per heavy atom. The Kier molecular flexibility index (Phi) is 9.72. The summed E-state index contributed by atoms with van der Waals surface area (Å²) in [6, 6.07) is 38.9. The molecule has 0 fully saturated rings. The summed E-state index contributed by atoms with van der Waals surface area (Å²) in [5, 5.41) is 1.81. The molecule has 0 amide bonds. The summed E-state index contributed by atoms with van der Waals surface area (Å²) >= 11 is 0. The van der Waals surface area contributed by atoms with Crippen LogP contribution < -0.4 is 0 Å². The Morgan fingerprint density at radius 3 is 2.22 bits per heavy atom. The third-order valence-electron chi connectivity index (χ3n) is 7.45. The van der Waals surface area contributed by atoms with E-state index in [9.17, 15) is 4.39 Å². The Labute approximate surface area is 277 Å². The molecule has 3 heterocycles. The van der Waals surface area contributed by atoms with Crippen LogP contribution in [0.4, 0.5) is 4.39 Å². The van der Waals surface area contributed by atoms with Gasteiger partial charge in [0.1, 0.15) is 11.4 Å². The summed E-state index contributed by atoms with van der Waals surface area (Å²) < 4.78 is 20.9. The number of pyridine rings is 2. The summed E-state index contributed by atoms with van der Waals surface area (Å²) in [6.45, 7) is 8.93. The Bertz CT molecular complexity index is 2030. The maximum atomic E-state index is 14.7. The molecule has 7 rings (SSSR count). The SMILES string of the molecule is Cc1cnc(-c2[c-]cccc2)cc1CC(C)(C)C.Fc1ccc2c(oc3c(-c4ccccn4)[c-]ccc32)c1-c1ccccc1.[Ir]. The van der Waals surface area contributed by atoms with Gasteiger partial charge in [0.2, 0.25) is 0 Å².